The molecule has 0 heterocycles. The zero-order valence-corrected chi connectivity index (χ0v) is 19.8. The Hall–Kier alpha value is -2.87. The highest BCUT2D eigenvalue weighted by Crippen LogP contribution is 2.49. The number of carbonyl (C=O) groups excluding carboxylic acids is 2. The number of anilines is 1. The number of sulfonamides is 1. The lowest BCUT2D eigenvalue weighted by molar-refractivity contribution is -0.125. The van der Waals surface area contributed by atoms with Crippen LogP contribution in [-0.4, -0.2) is 40.0 Å². The number of hydrogen-bond acceptors (Lipinski definition) is 5. The highest BCUT2D eigenvalue weighted by Gasteiger charge is 2.42. The van der Waals surface area contributed by atoms with Gasteiger partial charge in [0.1, 0.15) is 0 Å². The van der Waals surface area contributed by atoms with Crippen molar-refractivity contribution in [2.75, 3.05) is 18.0 Å². The van der Waals surface area contributed by atoms with E-state index in [9.17, 15) is 18.0 Å². The van der Waals surface area contributed by atoms with Gasteiger partial charge in [-0.3, -0.25) is 9.10 Å². The van der Waals surface area contributed by atoms with E-state index in [4.69, 9.17) is 4.74 Å². The van der Waals surface area contributed by atoms with Gasteiger partial charge in [0.15, 0.2) is 6.61 Å². The first-order valence-corrected chi connectivity index (χ1v) is 12.8. The van der Waals surface area contributed by atoms with Crippen molar-refractivity contribution < 1.29 is 22.7 Å². The number of fused-ring (bicyclic) bond motifs is 2. The zero-order valence-electron chi connectivity index (χ0n) is 18.9. The van der Waals surface area contributed by atoms with E-state index in [2.05, 4.69) is 5.32 Å². The van der Waals surface area contributed by atoms with Gasteiger partial charge in [0.2, 0.25) is 0 Å². The summed E-state index contributed by atoms with van der Waals surface area (Å²) < 4.78 is 32.3. The van der Waals surface area contributed by atoms with Crippen LogP contribution < -0.4 is 9.62 Å². The molecule has 2 aromatic rings. The molecule has 8 heteroatoms. The van der Waals surface area contributed by atoms with E-state index >= 15 is 0 Å². The number of ether oxygens (including phenoxy) is 1. The van der Waals surface area contributed by atoms with E-state index < -0.39 is 22.6 Å². The molecule has 0 aliphatic heterocycles. The Morgan fingerprint density at radius 2 is 1.85 bits per heavy atom. The minimum Gasteiger partial charge on any atom is -0.452 e. The van der Waals surface area contributed by atoms with Gasteiger partial charge in [0.25, 0.3) is 15.9 Å². The summed E-state index contributed by atoms with van der Waals surface area (Å²) in [5, 5.41) is 2.96. The molecule has 0 aromatic heterocycles. The molecule has 2 aromatic carbocycles. The van der Waals surface area contributed by atoms with Crippen molar-refractivity contribution in [2.45, 2.75) is 43.5 Å². The van der Waals surface area contributed by atoms with Crippen molar-refractivity contribution >= 4 is 27.6 Å². The van der Waals surface area contributed by atoms with Crippen molar-refractivity contribution in [1.82, 2.24) is 5.32 Å². The van der Waals surface area contributed by atoms with E-state index in [1.165, 1.54) is 50.6 Å². The normalized spacial score (nSPS) is 22.5. The van der Waals surface area contributed by atoms with E-state index in [0.29, 0.717) is 17.5 Å². The molecule has 0 spiro atoms. The highest BCUT2D eigenvalue weighted by atomic mass is 32.2. The fourth-order valence-electron chi connectivity index (χ4n) is 5.24. The van der Waals surface area contributed by atoms with Gasteiger partial charge in [-0.15, -0.1) is 0 Å². The van der Waals surface area contributed by atoms with Crippen LogP contribution in [0.1, 0.15) is 43.0 Å². The van der Waals surface area contributed by atoms with Gasteiger partial charge in [-0.05, 0) is 74.3 Å². The number of nitrogens with zero attached hydrogens (tertiary/aromatic N) is 1. The van der Waals surface area contributed by atoms with Crippen LogP contribution in [0.3, 0.4) is 0 Å². The van der Waals surface area contributed by atoms with Crippen molar-refractivity contribution in [3.05, 3.63) is 60.2 Å². The Kier molecular flexibility index (Phi) is 6.74. The molecule has 0 radical (unpaired) electrons. The molecule has 2 aliphatic carbocycles. The Labute approximate surface area is 195 Å². The number of amides is 1. The second-order valence-electron chi connectivity index (χ2n) is 9.11. The van der Waals surface area contributed by atoms with Crippen LogP contribution in [0.25, 0.3) is 0 Å². The molecule has 2 aliphatic rings. The van der Waals surface area contributed by atoms with Crippen LogP contribution in [0.2, 0.25) is 0 Å². The standard InChI is InChI=1S/C25H30N2O5S/c1-17(23-14-18-11-12-19(23)13-18)26-24(28)16-32-25(29)20-7-6-10-22(15-20)33(30,31)27(2)21-8-4-3-5-9-21/h3-10,15,17-19,23H,11-14,16H2,1-2H3,(H,26,28)/t17-,18-,19+,23-/m0/s1. The van der Waals surface area contributed by atoms with Crippen LogP contribution in [0.5, 0.6) is 0 Å². The number of rotatable bonds is 8. The van der Waals surface area contributed by atoms with Gasteiger partial charge >= 0.3 is 5.97 Å². The maximum Gasteiger partial charge on any atom is 0.338 e. The minimum atomic E-state index is -3.86. The number of benzene rings is 2. The first kappa shape index (κ1) is 23.3. The molecule has 4 rings (SSSR count). The first-order valence-electron chi connectivity index (χ1n) is 11.4. The lowest BCUT2D eigenvalue weighted by Gasteiger charge is -2.28. The third-order valence-electron chi connectivity index (χ3n) is 7.01. The van der Waals surface area contributed by atoms with Crippen molar-refractivity contribution in [1.29, 1.82) is 0 Å². The summed E-state index contributed by atoms with van der Waals surface area (Å²) >= 11 is 0. The van der Waals surface area contributed by atoms with Crippen molar-refractivity contribution in [2.24, 2.45) is 17.8 Å². The SMILES string of the molecule is C[C@H](NC(=O)COC(=O)c1cccc(S(=O)(=O)N(C)c2ccccc2)c1)[C@@H]1C[C@H]2CC[C@@H]1C2. The molecule has 2 fully saturated rings. The van der Waals surface area contributed by atoms with Crippen LogP contribution >= 0.6 is 0 Å². The first-order chi connectivity index (χ1) is 15.8. The minimum absolute atomic E-state index is 0.0299. The smallest absolute Gasteiger partial charge is 0.338 e. The lowest BCUT2D eigenvalue weighted by atomic mass is 9.84. The monoisotopic (exact) mass is 470 g/mol. The lowest BCUT2D eigenvalue weighted by Crippen LogP contribution is -2.42. The predicted molar refractivity (Wildman–Crippen MR) is 125 cm³/mol. The Balaban J connectivity index is 1.35. The molecule has 1 amide bonds. The quantitative estimate of drug-likeness (QED) is 0.595. The summed E-state index contributed by atoms with van der Waals surface area (Å²) in [6, 6.07) is 14.4. The van der Waals surface area contributed by atoms with Crippen LogP contribution in [0.4, 0.5) is 5.69 Å². The fraction of sp³-hybridized carbons (Fsp3) is 0.440. The topological polar surface area (TPSA) is 92.8 Å². The molecule has 2 bridgehead atoms. The second-order valence-corrected chi connectivity index (χ2v) is 11.1. The molecular formula is C25H30N2O5S. The molecule has 33 heavy (non-hydrogen) atoms. The molecule has 0 saturated heterocycles. The number of esters is 1. The van der Waals surface area contributed by atoms with Gasteiger partial charge in [-0.1, -0.05) is 30.7 Å². The molecule has 7 nitrogen and oxygen atoms in total. The van der Waals surface area contributed by atoms with E-state index in [-0.39, 0.29) is 22.4 Å². The molecular weight excluding hydrogens is 440 g/mol. The van der Waals surface area contributed by atoms with Crippen molar-refractivity contribution in [3.63, 3.8) is 0 Å². The third kappa shape index (κ3) is 5.05. The average Bonchev–Trinajstić information content (AvgIpc) is 3.46. The summed E-state index contributed by atoms with van der Waals surface area (Å²) in [7, 11) is -2.41. The summed E-state index contributed by atoms with van der Waals surface area (Å²) in [6.45, 7) is 1.62. The summed E-state index contributed by atoms with van der Waals surface area (Å²) in [6.07, 6.45) is 4.96. The molecule has 2 saturated carbocycles. The van der Waals surface area contributed by atoms with E-state index in [1.807, 2.05) is 6.92 Å². The molecule has 0 unspecified atom stereocenters. The molecule has 4 atom stereocenters. The summed E-state index contributed by atoms with van der Waals surface area (Å²) in [4.78, 5) is 24.8. The summed E-state index contributed by atoms with van der Waals surface area (Å²) in [5.74, 6) is 0.892. The van der Waals surface area contributed by atoms with Gasteiger partial charge in [0.05, 0.1) is 16.1 Å². The maximum atomic E-state index is 13.0. The predicted octanol–water partition coefficient (Wildman–Crippen LogP) is 3.61. The highest BCUT2D eigenvalue weighted by molar-refractivity contribution is 7.92. The van der Waals surface area contributed by atoms with Crippen LogP contribution in [0.15, 0.2) is 59.5 Å². The third-order valence-corrected chi connectivity index (χ3v) is 8.79. The Bertz CT molecular complexity index is 1120. The second kappa shape index (κ2) is 9.55. The Morgan fingerprint density at radius 3 is 2.52 bits per heavy atom. The van der Waals surface area contributed by atoms with Gasteiger partial charge < -0.3 is 10.1 Å². The van der Waals surface area contributed by atoms with Crippen LogP contribution in [-0.2, 0) is 19.6 Å². The number of hydrogen-bond donors (Lipinski definition) is 1. The molecule has 1 N–H and O–H groups in total. The van der Waals surface area contributed by atoms with Crippen LogP contribution in [0, 0.1) is 17.8 Å². The zero-order chi connectivity index (χ0) is 23.6. The van der Waals surface area contributed by atoms with Crippen molar-refractivity contribution in [3.8, 4) is 0 Å². The number of para-hydroxylation sites is 1. The number of carbonyl (C=O) groups is 2. The largest absolute Gasteiger partial charge is 0.452 e. The van der Waals surface area contributed by atoms with Gasteiger partial charge in [0, 0.05) is 13.1 Å². The van der Waals surface area contributed by atoms with Gasteiger partial charge in [-0.25, -0.2) is 13.2 Å². The maximum absolute atomic E-state index is 13.0. The number of nitrogens with one attached hydrogen (secondary N) is 1. The Morgan fingerprint density at radius 1 is 1.09 bits per heavy atom. The molecule has 176 valence electrons. The average molecular weight is 471 g/mol. The summed E-state index contributed by atoms with van der Waals surface area (Å²) in [5.41, 5.74) is 0.582. The van der Waals surface area contributed by atoms with E-state index in [1.54, 1.807) is 30.3 Å². The van der Waals surface area contributed by atoms with E-state index in [0.717, 1.165) is 16.6 Å². The fourth-order valence-corrected chi connectivity index (χ4v) is 6.48. The van der Waals surface area contributed by atoms with Gasteiger partial charge in [-0.2, -0.15) is 0 Å².